The smallest absolute Gasteiger partial charge is 0.255 e. The van der Waals surface area contributed by atoms with Gasteiger partial charge in [-0.3, -0.25) is 9.59 Å². The molecule has 0 unspecified atom stereocenters. The van der Waals surface area contributed by atoms with E-state index in [9.17, 15) is 40.2 Å². The van der Waals surface area contributed by atoms with Gasteiger partial charge in [0.05, 0.1) is 11.1 Å². The zero-order valence-corrected chi connectivity index (χ0v) is 29.2. The molecule has 6 aromatic carbocycles. The lowest BCUT2D eigenvalue weighted by Gasteiger charge is -2.22. The van der Waals surface area contributed by atoms with Crippen molar-refractivity contribution in [3.63, 3.8) is 0 Å². The second-order valence-electron chi connectivity index (χ2n) is 13.3. The average molecular weight is 701 g/mol. The lowest BCUT2D eigenvalue weighted by Crippen LogP contribution is -2.28. The first-order valence-electron chi connectivity index (χ1n) is 16.9. The third kappa shape index (κ3) is 6.35. The van der Waals surface area contributed by atoms with Crippen LogP contribution in [0.4, 0.5) is 0 Å². The van der Waals surface area contributed by atoms with E-state index >= 15 is 0 Å². The summed E-state index contributed by atoms with van der Waals surface area (Å²) in [5, 5.41) is 72.3. The van der Waals surface area contributed by atoms with E-state index in [0.717, 1.165) is 23.3 Å². The Kier molecular flexibility index (Phi) is 9.58. The van der Waals surface area contributed by atoms with Crippen molar-refractivity contribution in [2.45, 2.75) is 39.5 Å². The highest BCUT2D eigenvalue weighted by Crippen LogP contribution is 2.51. The van der Waals surface area contributed by atoms with Gasteiger partial charge < -0.3 is 41.3 Å². The number of phenols is 6. The summed E-state index contributed by atoms with van der Waals surface area (Å²) in [4.78, 5) is 27.6. The number of hydrogen-bond acceptors (Lipinski definition) is 8. The van der Waals surface area contributed by atoms with E-state index < -0.39 is 40.6 Å². The molecule has 0 spiro atoms. The Morgan fingerprint density at radius 1 is 0.538 bits per heavy atom. The number of hydrogen-bond donors (Lipinski definition) is 8. The third-order valence-corrected chi connectivity index (χ3v) is 9.77. The number of phenolic OH excluding ortho intramolecular Hbond substituents is 6. The van der Waals surface area contributed by atoms with Crippen LogP contribution in [0.25, 0.3) is 32.7 Å². The van der Waals surface area contributed by atoms with E-state index in [1.807, 2.05) is 74.5 Å². The van der Waals surface area contributed by atoms with Crippen molar-refractivity contribution in [3.8, 4) is 45.6 Å². The standard InChI is InChI=1S/C42H40N2O8/c1-21-15-27-30(18-33(47)40(50)37(27)42(52)44-20-23(3)26-13-9-6-10-14-26)38(48)34(21)36-24(4)35(28-16-31(45)32(46)17-29(28)39(36)49)41(51)43-19-22(2)25-11-7-5-8-12-25/h5-18,22-23,45-50H,19-20H2,1-4H3,(H,43,51)(H,44,52)/t22-,23-/m0/s1. The number of carbonyl (C=O) groups excluding carboxylic acids is 2. The molecular weight excluding hydrogens is 660 g/mol. The Morgan fingerprint density at radius 2 is 0.962 bits per heavy atom. The number of aromatic hydroxyl groups is 6. The Balaban J connectivity index is 1.47. The predicted octanol–water partition coefficient (Wildman–Crippen LogP) is 7.58. The molecule has 0 aromatic heterocycles. The lowest BCUT2D eigenvalue weighted by molar-refractivity contribution is 0.0943. The minimum absolute atomic E-state index is 0.00676. The molecule has 2 amide bonds. The molecule has 0 aliphatic rings. The molecule has 52 heavy (non-hydrogen) atoms. The van der Waals surface area contributed by atoms with Gasteiger partial charge in [0.2, 0.25) is 0 Å². The van der Waals surface area contributed by atoms with Gasteiger partial charge in [0, 0.05) is 45.8 Å². The fraction of sp³-hybridized carbons (Fsp3) is 0.190. The zero-order valence-electron chi connectivity index (χ0n) is 29.2. The molecule has 0 heterocycles. The van der Waals surface area contributed by atoms with Gasteiger partial charge in [-0.05, 0) is 72.2 Å². The Labute approximate surface area is 300 Å². The first kappa shape index (κ1) is 35.4. The van der Waals surface area contributed by atoms with E-state index in [1.165, 1.54) is 6.07 Å². The predicted molar refractivity (Wildman–Crippen MR) is 201 cm³/mol. The van der Waals surface area contributed by atoms with Gasteiger partial charge in [-0.15, -0.1) is 0 Å². The highest BCUT2D eigenvalue weighted by Gasteiger charge is 2.29. The van der Waals surface area contributed by atoms with Crippen LogP contribution in [-0.4, -0.2) is 55.5 Å². The quantitative estimate of drug-likeness (QED) is 0.0711. The second kappa shape index (κ2) is 14.1. The minimum Gasteiger partial charge on any atom is -0.507 e. The first-order valence-corrected chi connectivity index (χ1v) is 16.9. The van der Waals surface area contributed by atoms with Gasteiger partial charge in [-0.1, -0.05) is 74.5 Å². The van der Waals surface area contributed by atoms with Crippen molar-refractivity contribution < 1.29 is 40.2 Å². The number of fused-ring (bicyclic) bond motifs is 2. The van der Waals surface area contributed by atoms with Crippen LogP contribution in [0.3, 0.4) is 0 Å². The third-order valence-electron chi connectivity index (χ3n) is 9.77. The van der Waals surface area contributed by atoms with Gasteiger partial charge in [0.1, 0.15) is 11.5 Å². The van der Waals surface area contributed by atoms with Gasteiger partial charge in [-0.2, -0.15) is 0 Å². The van der Waals surface area contributed by atoms with Gasteiger partial charge >= 0.3 is 0 Å². The number of nitrogens with one attached hydrogen (secondary N) is 2. The second-order valence-corrected chi connectivity index (χ2v) is 13.3. The highest BCUT2D eigenvalue weighted by atomic mass is 16.3. The maximum atomic E-state index is 14.0. The molecule has 0 radical (unpaired) electrons. The number of rotatable bonds is 9. The van der Waals surface area contributed by atoms with E-state index in [0.29, 0.717) is 5.56 Å². The van der Waals surface area contributed by atoms with Crippen LogP contribution >= 0.6 is 0 Å². The molecule has 0 saturated heterocycles. The molecule has 0 aliphatic heterocycles. The number of benzene rings is 6. The largest absolute Gasteiger partial charge is 0.507 e. The molecule has 6 aromatic rings. The van der Waals surface area contributed by atoms with Crippen LogP contribution in [0.2, 0.25) is 0 Å². The molecule has 6 rings (SSSR count). The van der Waals surface area contributed by atoms with Crippen molar-refractivity contribution in [3.05, 3.63) is 118 Å². The highest BCUT2D eigenvalue weighted by molar-refractivity contribution is 6.17. The van der Waals surface area contributed by atoms with E-state index in [-0.39, 0.29) is 80.0 Å². The summed E-state index contributed by atoms with van der Waals surface area (Å²) < 4.78 is 0. The molecule has 266 valence electrons. The van der Waals surface area contributed by atoms with Gasteiger partial charge in [0.25, 0.3) is 11.8 Å². The van der Waals surface area contributed by atoms with E-state index in [1.54, 1.807) is 19.9 Å². The van der Waals surface area contributed by atoms with Crippen molar-refractivity contribution >= 4 is 33.4 Å². The van der Waals surface area contributed by atoms with Crippen molar-refractivity contribution in [1.29, 1.82) is 0 Å². The summed E-state index contributed by atoms with van der Waals surface area (Å²) in [5.41, 5.74) is 2.65. The lowest BCUT2D eigenvalue weighted by atomic mass is 9.85. The average Bonchev–Trinajstić information content (AvgIpc) is 3.13. The van der Waals surface area contributed by atoms with Crippen LogP contribution in [0.5, 0.6) is 34.5 Å². The first-order chi connectivity index (χ1) is 24.8. The Bertz CT molecular complexity index is 2360. The SMILES string of the molecule is Cc1cc2c(C(=O)NC[C@H](C)c3ccccc3)c(O)c(O)cc2c(O)c1-c1c(C)c(C(=O)NC[C@H](C)c2ccccc2)c2cc(O)c(O)cc2c1O. The summed E-state index contributed by atoms with van der Waals surface area (Å²) in [5.74, 6) is -4.43. The minimum atomic E-state index is -0.670. The number of aryl methyl sites for hydroxylation is 1. The maximum Gasteiger partial charge on any atom is 0.255 e. The molecule has 10 heteroatoms. The van der Waals surface area contributed by atoms with Crippen LogP contribution in [0.1, 0.15) is 68.7 Å². The molecule has 8 N–H and O–H groups in total. The molecule has 0 bridgehead atoms. The van der Waals surface area contributed by atoms with Crippen molar-refractivity contribution in [2.24, 2.45) is 0 Å². The normalized spacial score (nSPS) is 12.5. The van der Waals surface area contributed by atoms with E-state index in [2.05, 4.69) is 10.6 Å². The van der Waals surface area contributed by atoms with Crippen LogP contribution in [0.15, 0.2) is 84.9 Å². The fourth-order valence-corrected chi connectivity index (χ4v) is 6.86. The molecule has 0 saturated carbocycles. The summed E-state index contributed by atoms with van der Waals surface area (Å²) >= 11 is 0. The molecule has 0 aliphatic carbocycles. The zero-order chi connectivity index (χ0) is 37.4. The number of carbonyl (C=O) groups is 2. The van der Waals surface area contributed by atoms with Crippen LogP contribution in [0, 0.1) is 13.8 Å². The molecular formula is C42H40N2O8. The fourth-order valence-electron chi connectivity index (χ4n) is 6.86. The van der Waals surface area contributed by atoms with Crippen molar-refractivity contribution in [2.75, 3.05) is 13.1 Å². The Hall–Kier alpha value is -6.42. The number of amides is 2. The summed E-state index contributed by atoms with van der Waals surface area (Å²) in [6.07, 6.45) is 0. The molecule has 0 fully saturated rings. The van der Waals surface area contributed by atoms with Crippen LogP contribution in [-0.2, 0) is 0 Å². The topological polar surface area (TPSA) is 180 Å². The van der Waals surface area contributed by atoms with Crippen molar-refractivity contribution in [1.82, 2.24) is 10.6 Å². The Morgan fingerprint density at radius 3 is 1.48 bits per heavy atom. The molecule has 10 nitrogen and oxygen atoms in total. The summed E-state index contributed by atoms with van der Waals surface area (Å²) in [7, 11) is 0. The molecule has 2 atom stereocenters. The van der Waals surface area contributed by atoms with Gasteiger partial charge in [0.15, 0.2) is 23.0 Å². The monoisotopic (exact) mass is 700 g/mol. The maximum absolute atomic E-state index is 14.0. The van der Waals surface area contributed by atoms with Gasteiger partial charge in [-0.25, -0.2) is 0 Å². The van der Waals surface area contributed by atoms with E-state index in [4.69, 9.17) is 0 Å². The summed E-state index contributed by atoms with van der Waals surface area (Å²) in [6.45, 7) is 7.63. The summed E-state index contributed by atoms with van der Waals surface area (Å²) in [6, 6.07) is 24.2. The van der Waals surface area contributed by atoms with Crippen LogP contribution < -0.4 is 10.6 Å².